The van der Waals surface area contributed by atoms with Gasteiger partial charge in [0.1, 0.15) is 17.5 Å². The molecule has 11 heteroatoms. The first-order valence-corrected chi connectivity index (χ1v) is 26.3. The van der Waals surface area contributed by atoms with E-state index in [1.807, 2.05) is 41.9 Å². The second-order valence-electron chi connectivity index (χ2n) is 21.6. The molecule has 376 valence electrons. The van der Waals surface area contributed by atoms with E-state index in [4.69, 9.17) is 22.4 Å². The molecule has 4 heterocycles. The van der Waals surface area contributed by atoms with Crippen molar-refractivity contribution in [2.45, 2.75) is 121 Å². The number of piperidine rings is 2. The first kappa shape index (κ1) is 53.9. The third kappa shape index (κ3) is 9.87. The number of nitrogens with zero attached hydrogens (tertiary/aromatic N) is 5. The van der Waals surface area contributed by atoms with Gasteiger partial charge in [0.2, 0.25) is 0 Å². The molecule has 2 unspecified atom stereocenters. The summed E-state index contributed by atoms with van der Waals surface area (Å²) in [6.45, 7) is 25.1. The van der Waals surface area contributed by atoms with Crippen molar-refractivity contribution < 1.29 is 38.3 Å². The Kier molecular flexibility index (Phi) is 16.3. The van der Waals surface area contributed by atoms with E-state index in [0.29, 0.717) is 52.1 Å². The van der Waals surface area contributed by atoms with Crippen molar-refractivity contribution in [3.8, 4) is 11.1 Å². The van der Waals surface area contributed by atoms with Crippen molar-refractivity contribution in [2.75, 3.05) is 37.6 Å². The van der Waals surface area contributed by atoms with Gasteiger partial charge in [0.05, 0.1) is 10.5 Å². The third-order valence-electron chi connectivity index (χ3n) is 17.2. The van der Waals surface area contributed by atoms with Crippen molar-refractivity contribution >= 4 is 34.0 Å². The second-order valence-corrected chi connectivity index (χ2v) is 22.0. The van der Waals surface area contributed by atoms with Gasteiger partial charge in [-0.1, -0.05) is 126 Å². The molecule has 3 saturated heterocycles. The summed E-state index contributed by atoms with van der Waals surface area (Å²) in [6, 6.07) is 23.1. The first-order chi connectivity index (χ1) is 33.7. The monoisotopic (exact) mass is 1000 g/mol. The van der Waals surface area contributed by atoms with Crippen LogP contribution in [0.5, 0.6) is 0 Å². The van der Waals surface area contributed by atoms with E-state index in [2.05, 4.69) is 97.4 Å². The van der Waals surface area contributed by atoms with Crippen molar-refractivity contribution in [1.29, 1.82) is 0 Å². The number of likely N-dealkylation sites (tertiary alicyclic amines) is 2. The Hall–Kier alpha value is -4.38. The summed E-state index contributed by atoms with van der Waals surface area (Å²) in [5, 5.41) is 9.36. The molecule has 72 heavy (non-hydrogen) atoms. The predicted molar refractivity (Wildman–Crippen MR) is 292 cm³/mol. The van der Waals surface area contributed by atoms with Crippen LogP contribution in [-0.2, 0) is 25.3 Å². The van der Waals surface area contributed by atoms with E-state index in [1.54, 1.807) is 6.07 Å². The largest absolute Gasteiger partial charge is 1.00 e. The van der Waals surface area contributed by atoms with E-state index >= 15 is 8.78 Å². The summed E-state index contributed by atoms with van der Waals surface area (Å²) in [7, 11) is 2.06. The zero-order chi connectivity index (χ0) is 49.1. The second kappa shape index (κ2) is 21.8. The summed E-state index contributed by atoms with van der Waals surface area (Å²) in [6.07, 6.45) is 17.5. The fraction of sp³-hybridized carbons (Fsp3) is 0.426. The number of benzene rings is 4. The van der Waals surface area contributed by atoms with Gasteiger partial charge in [-0.15, -0.1) is 0 Å². The number of allylic oxidation sites excluding steroid dienone is 2. The minimum Gasteiger partial charge on any atom is -0.398 e. The van der Waals surface area contributed by atoms with E-state index in [9.17, 15) is 0 Å². The smallest absolute Gasteiger partial charge is 0.398 e. The summed E-state index contributed by atoms with van der Waals surface area (Å²) in [4.78, 5) is 7.60. The predicted octanol–water partition coefficient (Wildman–Crippen LogP) is 10.9. The molecule has 3 aliphatic carbocycles. The maximum atomic E-state index is 15.8. The Bertz CT molecular complexity index is 2870. The SMILES string of the molecule is C=C1CCN(c2nn(C)c3cc(C4CCN(C5CCN(C(=C)C6(C)CC[CH-]CC6)CC5)CC4)ccc23)C(=C)N1.CCCc1ccc2c(c1F)-c1c(Cl)c(F)cc3c1C(C=C2N)C(C)(c1ccccc1)C3.[CH3-].[Na+]. The van der Waals surface area contributed by atoms with Crippen LogP contribution < -0.4 is 45.5 Å². The van der Waals surface area contributed by atoms with E-state index < -0.39 is 5.82 Å². The van der Waals surface area contributed by atoms with Crippen molar-refractivity contribution in [3.05, 3.63) is 174 Å². The van der Waals surface area contributed by atoms with Crippen molar-refractivity contribution in [2.24, 2.45) is 18.2 Å². The Morgan fingerprint density at radius 3 is 2.32 bits per heavy atom. The molecule has 7 nitrogen and oxygen atoms in total. The van der Waals surface area contributed by atoms with Gasteiger partial charge < -0.3 is 39.6 Å². The number of fused-ring (bicyclic) bond motifs is 3. The minimum absolute atomic E-state index is 0. The molecule has 1 aromatic heterocycles. The quantitative estimate of drug-likeness (QED) is 0.119. The molecular formula is C61H74ClF2N7Na-. The number of aromatic nitrogens is 2. The number of nitrogens with two attached hydrogens (primary N) is 1. The third-order valence-corrected chi connectivity index (χ3v) is 17.6. The number of hydrogen-bond donors (Lipinski definition) is 2. The van der Waals surface area contributed by atoms with Crippen molar-refractivity contribution in [1.82, 2.24) is 24.9 Å². The molecule has 0 radical (unpaired) electrons. The van der Waals surface area contributed by atoms with E-state index in [1.165, 1.54) is 106 Å². The van der Waals surface area contributed by atoms with Gasteiger partial charge >= 0.3 is 29.6 Å². The summed E-state index contributed by atoms with van der Waals surface area (Å²) in [5.74, 6) is 1.47. The molecule has 3 aliphatic heterocycles. The number of nitrogens with one attached hydrogen (secondary N) is 1. The van der Waals surface area contributed by atoms with Gasteiger partial charge in [0, 0.05) is 95.1 Å². The normalized spacial score (nSPS) is 22.1. The molecule has 1 saturated carbocycles. The van der Waals surface area contributed by atoms with E-state index in [0.717, 1.165) is 59.5 Å². The molecule has 0 bridgehead atoms. The van der Waals surface area contributed by atoms with Crippen LogP contribution in [0.25, 0.3) is 27.7 Å². The average molecular weight is 1000 g/mol. The van der Waals surface area contributed by atoms with Gasteiger partial charge in [-0.05, 0) is 104 Å². The van der Waals surface area contributed by atoms with Crippen LogP contribution in [-0.4, -0.2) is 58.3 Å². The Balaban J connectivity index is 0.000000192. The number of aryl methyl sites for hydroxylation is 2. The van der Waals surface area contributed by atoms with Crippen LogP contribution in [0.4, 0.5) is 14.6 Å². The molecule has 0 spiro atoms. The maximum Gasteiger partial charge on any atom is 1.00 e. The van der Waals surface area contributed by atoms with Gasteiger partial charge in [-0.2, -0.15) is 17.9 Å². The molecular weight excluding hydrogens is 927 g/mol. The molecule has 4 fully saturated rings. The molecule has 2 atom stereocenters. The minimum atomic E-state index is -0.516. The Morgan fingerprint density at radius 1 is 0.931 bits per heavy atom. The number of hydrogen-bond acceptors (Lipinski definition) is 6. The summed E-state index contributed by atoms with van der Waals surface area (Å²) >= 11 is 6.56. The first-order valence-electron chi connectivity index (χ1n) is 25.9. The fourth-order valence-corrected chi connectivity index (χ4v) is 13.3. The van der Waals surface area contributed by atoms with Crippen LogP contribution >= 0.6 is 11.6 Å². The maximum absolute atomic E-state index is 15.8. The molecule has 11 rings (SSSR count). The van der Waals surface area contributed by atoms with E-state index in [-0.39, 0.29) is 59.2 Å². The van der Waals surface area contributed by atoms with Crippen LogP contribution in [0.1, 0.15) is 130 Å². The van der Waals surface area contributed by atoms with Gasteiger partial charge in [0.15, 0.2) is 5.82 Å². The molecule has 6 aliphatic rings. The molecule has 4 aromatic carbocycles. The number of halogens is 3. The Morgan fingerprint density at radius 2 is 1.64 bits per heavy atom. The average Bonchev–Trinajstić information content (AvgIpc) is 3.79. The number of rotatable bonds is 8. The van der Waals surface area contributed by atoms with Crippen LogP contribution in [0.3, 0.4) is 0 Å². The van der Waals surface area contributed by atoms with Crippen molar-refractivity contribution in [3.63, 3.8) is 0 Å². The van der Waals surface area contributed by atoms with Gasteiger partial charge in [0.25, 0.3) is 0 Å². The molecule has 3 N–H and O–H groups in total. The van der Waals surface area contributed by atoms with Gasteiger partial charge in [-0.25, -0.2) is 8.78 Å². The zero-order valence-corrected chi connectivity index (χ0v) is 46.6. The molecule has 0 amide bonds. The summed E-state index contributed by atoms with van der Waals surface area (Å²) in [5.41, 5.74) is 17.0. The number of anilines is 1. The standard InChI is InChI=1S/C33H47N6.C27H24ClF2N.CH3.Na/c1-24-11-22-39(26(3)34-24)32-30-10-9-28(23-31(30)36(5)35-32)27-12-18-38(19-13-27)29-14-20-37(21-15-29)25(2)33(4)16-7-6-8-17-33;1-3-7-15-10-11-18-21(31)13-19-22-16(14-27(19,2)17-8-5-4-6-9-17)12-20(29)25(28)24(22)23(18)26(15)30;;/h6,9-10,23,27,29,34H,1-3,7-8,11-22H2,4-5H3;4-6,8-13,19H,3,7,14,31H2,1-2H3;1H3;/q-1;;-1;+1. The van der Waals surface area contributed by atoms with Gasteiger partial charge in [-0.3, -0.25) is 4.68 Å². The molecule has 5 aromatic rings. The van der Waals surface area contributed by atoms with Crippen LogP contribution in [0.2, 0.25) is 5.02 Å². The Labute approximate surface area is 455 Å². The fourth-order valence-electron chi connectivity index (χ4n) is 13.0. The van der Waals surface area contributed by atoms with Crippen LogP contribution in [0, 0.1) is 30.9 Å². The zero-order valence-electron chi connectivity index (χ0n) is 43.8. The van der Waals surface area contributed by atoms with Crippen LogP contribution in [0.15, 0.2) is 110 Å². The summed E-state index contributed by atoms with van der Waals surface area (Å²) < 4.78 is 32.9. The topological polar surface area (TPSA) is 65.6 Å².